The molecule has 176 valence electrons. The van der Waals surface area contributed by atoms with Gasteiger partial charge in [-0.3, -0.25) is 14.6 Å². The number of carbonyl (C=O) groups excluding carboxylic acids is 2. The van der Waals surface area contributed by atoms with Gasteiger partial charge in [0, 0.05) is 23.8 Å². The number of amides is 2. The van der Waals surface area contributed by atoms with Gasteiger partial charge in [-0.25, -0.2) is 0 Å². The second kappa shape index (κ2) is 9.77. The summed E-state index contributed by atoms with van der Waals surface area (Å²) in [6.07, 6.45) is -5.43. The van der Waals surface area contributed by atoms with E-state index < -0.39 is 40.9 Å². The minimum absolute atomic E-state index is 0.229. The molecule has 34 heavy (non-hydrogen) atoms. The second-order valence-electron chi connectivity index (χ2n) is 6.90. The summed E-state index contributed by atoms with van der Waals surface area (Å²) in [5, 5.41) is 4.43. The molecule has 0 unspecified atom stereocenters. The van der Waals surface area contributed by atoms with E-state index in [2.05, 4.69) is 15.6 Å². The first-order valence-corrected chi connectivity index (χ1v) is 9.52. The van der Waals surface area contributed by atoms with E-state index >= 15 is 0 Å². The number of hydrogen-bond donors (Lipinski definition) is 2. The van der Waals surface area contributed by atoms with Crippen molar-refractivity contribution < 1.29 is 35.9 Å². The van der Waals surface area contributed by atoms with Crippen LogP contribution >= 0.6 is 0 Å². The van der Waals surface area contributed by atoms with Gasteiger partial charge in [0.25, 0.3) is 11.8 Å². The molecule has 0 bridgehead atoms. The van der Waals surface area contributed by atoms with Crippen molar-refractivity contribution in [2.24, 2.45) is 0 Å². The first-order chi connectivity index (χ1) is 15.9. The Hall–Kier alpha value is -4.15. The van der Waals surface area contributed by atoms with E-state index in [1.54, 1.807) is 0 Å². The molecule has 0 saturated carbocycles. The Labute approximate surface area is 189 Å². The zero-order valence-electron chi connectivity index (χ0n) is 17.0. The summed E-state index contributed by atoms with van der Waals surface area (Å²) in [5.41, 5.74) is -2.69. The number of pyridine rings is 1. The summed E-state index contributed by atoms with van der Waals surface area (Å²) in [4.78, 5) is 29.4. The fourth-order valence-electron chi connectivity index (χ4n) is 2.80. The fraction of sp³-hybridized carbons (Fsp3) is 0.0870. The highest BCUT2D eigenvalue weighted by molar-refractivity contribution is 6.28. The SMILES string of the molecule is O=C(Nc1cccc(C(F)(F)F)c1)C(=Cc1ccncc1)C(=O)Nc1cccc(C(F)(F)F)c1. The Balaban J connectivity index is 1.91. The average molecular weight is 479 g/mol. The van der Waals surface area contributed by atoms with E-state index in [1.807, 2.05) is 0 Å². The molecule has 1 heterocycles. The lowest BCUT2D eigenvalue weighted by molar-refractivity contribution is -0.138. The summed E-state index contributed by atoms with van der Waals surface area (Å²) in [7, 11) is 0. The van der Waals surface area contributed by atoms with Crippen LogP contribution in [0.2, 0.25) is 0 Å². The molecule has 0 aliphatic heterocycles. The van der Waals surface area contributed by atoms with Crippen LogP contribution in [0.3, 0.4) is 0 Å². The Bertz CT molecular complexity index is 1150. The lowest BCUT2D eigenvalue weighted by Gasteiger charge is -2.13. The molecular weight excluding hydrogens is 464 g/mol. The lowest BCUT2D eigenvalue weighted by atomic mass is 10.1. The summed E-state index contributed by atoms with van der Waals surface area (Å²) < 4.78 is 77.8. The minimum Gasteiger partial charge on any atom is -0.322 e. The number of benzene rings is 2. The molecule has 0 saturated heterocycles. The maximum absolute atomic E-state index is 13.0. The predicted molar refractivity (Wildman–Crippen MR) is 112 cm³/mol. The number of anilines is 2. The predicted octanol–water partition coefficient (Wildman–Crippen LogP) is 5.78. The lowest BCUT2D eigenvalue weighted by Crippen LogP contribution is -2.25. The molecule has 1 aromatic heterocycles. The van der Waals surface area contributed by atoms with Gasteiger partial charge >= 0.3 is 12.4 Å². The molecule has 0 atom stereocenters. The largest absolute Gasteiger partial charge is 0.416 e. The standard InChI is InChI=1S/C23H15F6N3O2/c24-22(25,26)15-3-1-5-17(12-15)31-20(33)19(11-14-7-9-30-10-8-14)21(34)32-18-6-2-4-16(13-18)23(27,28)29/h1-13H,(H,31,33)(H,32,34). The van der Waals surface area contributed by atoms with Crippen LogP contribution in [0.15, 0.2) is 78.6 Å². The average Bonchev–Trinajstić information content (AvgIpc) is 2.77. The third kappa shape index (κ3) is 6.44. The highest BCUT2D eigenvalue weighted by Crippen LogP contribution is 2.32. The third-order valence-corrected chi connectivity index (χ3v) is 4.40. The van der Waals surface area contributed by atoms with Crippen molar-refractivity contribution >= 4 is 29.3 Å². The number of aromatic nitrogens is 1. The van der Waals surface area contributed by atoms with Crippen LogP contribution in [0, 0.1) is 0 Å². The summed E-state index contributed by atoms with van der Waals surface area (Å²) in [6, 6.07) is 10.4. The molecule has 2 N–H and O–H groups in total. The smallest absolute Gasteiger partial charge is 0.322 e. The maximum atomic E-state index is 13.0. The van der Waals surface area contributed by atoms with E-state index in [0.717, 1.165) is 30.3 Å². The van der Waals surface area contributed by atoms with Gasteiger partial charge in [0.1, 0.15) is 5.57 Å². The van der Waals surface area contributed by atoms with E-state index in [9.17, 15) is 35.9 Å². The van der Waals surface area contributed by atoms with E-state index in [4.69, 9.17) is 0 Å². The van der Waals surface area contributed by atoms with Crippen LogP contribution < -0.4 is 10.6 Å². The van der Waals surface area contributed by atoms with Crippen molar-refractivity contribution in [3.05, 3.63) is 95.3 Å². The van der Waals surface area contributed by atoms with Gasteiger partial charge in [-0.1, -0.05) is 12.1 Å². The van der Waals surface area contributed by atoms with Crippen LogP contribution in [0.1, 0.15) is 16.7 Å². The second-order valence-corrected chi connectivity index (χ2v) is 6.90. The Morgan fingerprint density at radius 3 is 1.56 bits per heavy atom. The molecule has 0 spiro atoms. The van der Waals surface area contributed by atoms with Crippen molar-refractivity contribution in [3.8, 4) is 0 Å². The normalized spacial score (nSPS) is 11.5. The number of halogens is 6. The molecular formula is C23H15F6N3O2. The van der Waals surface area contributed by atoms with Crippen LogP contribution in [0.25, 0.3) is 6.08 Å². The van der Waals surface area contributed by atoms with Gasteiger partial charge < -0.3 is 10.6 Å². The van der Waals surface area contributed by atoms with Crippen LogP contribution in [-0.2, 0) is 21.9 Å². The van der Waals surface area contributed by atoms with Crippen molar-refractivity contribution in [2.75, 3.05) is 10.6 Å². The number of alkyl halides is 6. The molecule has 3 rings (SSSR count). The number of carbonyl (C=O) groups is 2. The Morgan fingerprint density at radius 1 is 0.706 bits per heavy atom. The summed E-state index contributed by atoms with van der Waals surface area (Å²) in [6.45, 7) is 0. The summed E-state index contributed by atoms with van der Waals surface area (Å²) >= 11 is 0. The zero-order valence-corrected chi connectivity index (χ0v) is 17.0. The minimum atomic E-state index is -4.66. The quantitative estimate of drug-likeness (QED) is 0.211. The monoisotopic (exact) mass is 479 g/mol. The molecule has 0 radical (unpaired) electrons. The van der Waals surface area contributed by atoms with Crippen molar-refractivity contribution in [2.45, 2.75) is 12.4 Å². The van der Waals surface area contributed by atoms with Gasteiger partial charge in [-0.05, 0) is 60.2 Å². The van der Waals surface area contributed by atoms with Gasteiger partial charge in [0.15, 0.2) is 0 Å². The van der Waals surface area contributed by atoms with Crippen LogP contribution in [-0.4, -0.2) is 16.8 Å². The van der Waals surface area contributed by atoms with Gasteiger partial charge in [0.05, 0.1) is 11.1 Å². The highest BCUT2D eigenvalue weighted by atomic mass is 19.4. The van der Waals surface area contributed by atoms with Gasteiger partial charge in [-0.15, -0.1) is 0 Å². The highest BCUT2D eigenvalue weighted by Gasteiger charge is 2.32. The molecule has 0 fully saturated rings. The number of nitrogens with zero attached hydrogens (tertiary/aromatic N) is 1. The number of nitrogens with one attached hydrogen (secondary N) is 2. The molecule has 11 heteroatoms. The molecule has 3 aromatic rings. The Morgan fingerprint density at radius 2 is 1.15 bits per heavy atom. The molecule has 0 aliphatic rings. The van der Waals surface area contributed by atoms with E-state index in [1.165, 1.54) is 36.7 Å². The maximum Gasteiger partial charge on any atom is 0.416 e. The molecule has 5 nitrogen and oxygen atoms in total. The molecule has 0 aliphatic carbocycles. The van der Waals surface area contributed by atoms with E-state index in [-0.39, 0.29) is 11.4 Å². The molecule has 2 aromatic carbocycles. The van der Waals surface area contributed by atoms with Gasteiger partial charge in [0.2, 0.25) is 0 Å². The number of rotatable bonds is 5. The fourth-order valence-corrected chi connectivity index (χ4v) is 2.80. The van der Waals surface area contributed by atoms with Crippen LogP contribution in [0.5, 0.6) is 0 Å². The van der Waals surface area contributed by atoms with Crippen LogP contribution in [0.4, 0.5) is 37.7 Å². The Kier molecular flexibility index (Phi) is 7.04. The topological polar surface area (TPSA) is 71.1 Å². The van der Waals surface area contributed by atoms with Gasteiger partial charge in [-0.2, -0.15) is 26.3 Å². The zero-order chi connectivity index (χ0) is 24.9. The van der Waals surface area contributed by atoms with Crippen molar-refractivity contribution in [3.63, 3.8) is 0 Å². The number of hydrogen-bond acceptors (Lipinski definition) is 3. The molecule has 2 amide bonds. The third-order valence-electron chi connectivity index (χ3n) is 4.40. The first kappa shape index (κ1) is 24.5. The van der Waals surface area contributed by atoms with Crippen molar-refractivity contribution in [1.82, 2.24) is 4.98 Å². The first-order valence-electron chi connectivity index (χ1n) is 9.52. The summed E-state index contributed by atoms with van der Waals surface area (Å²) in [5.74, 6) is -2.14. The van der Waals surface area contributed by atoms with Crippen molar-refractivity contribution in [1.29, 1.82) is 0 Å². The van der Waals surface area contributed by atoms with E-state index in [0.29, 0.717) is 17.7 Å².